The van der Waals surface area contributed by atoms with Crippen LogP contribution in [-0.2, 0) is 4.79 Å². The van der Waals surface area contributed by atoms with E-state index in [1.54, 1.807) is 6.07 Å². The van der Waals surface area contributed by atoms with E-state index in [4.69, 9.17) is 5.11 Å². The van der Waals surface area contributed by atoms with Gasteiger partial charge >= 0.3 is 5.97 Å². The van der Waals surface area contributed by atoms with Crippen molar-refractivity contribution >= 4 is 12.0 Å². The molecule has 0 unspecified atom stereocenters. The van der Waals surface area contributed by atoms with Crippen LogP contribution in [0.15, 0.2) is 54.6 Å². The van der Waals surface area contributed by atoms with Gasteiger partial charge in [0, 0.05) is 6.08 Å². The molecule has 0 aliphatic heterocycles. The van der Waals surface area contributed by atoms with Gasteiger partial charge in [-0.15, -0.1) is 0 Å². The third-order valence-corrected chi connectivity index (χ3v) is 2.51. The molecule has 2 nitrogen and oxygen atoms in total. The summed E-state index contributed by atoms with van der Waals surface area (Å²) in [6.07, 6.45) is 2.50. The number of hydrogen-bond acceptors (Lipinski definition) is 1. The van der Waals surface area contributed by atoms with Crippen LogP contribution in [0.1, 0.15) is 5.56 Å². The zero-order chi connectivity index (χ0) is 13.0. The molecule has 1 N–H and O–H groups in total. The fourth-order valence-electron chi connectivity index (χ4n) is 1.70. The van der Waals surface area contributed by atoms with Crippen LogP contribution in [0.4, 0.5) is 4.39 Å². The first-order valence-electron chi connectivity index (χ1n) is 5.43. The maximum Gasteiger partial charge on any atom is 0.328 e. The van der Waals surface area contributed by atoms with E-state index < -0.39 is 5.97 Å². The Morgan fingerprint density at radius 1 is 1.11 bits per heavy atom. The summed E-state index contributed by atoms with van der Waals surface area (Å²) in [5.41, 5.74) is 2.19. The zero-order valence-corrected chi connectivity index (χ0v) is 9.51. The molecular weight excluding hydrogens is 231 g/mol. The molecule has 2 aromatic carbocycles. The van der Waals surface area contributed by atoms with E-state index in [0.717, 1.165) is 11.6 Å². The van der Waals surface area contributed by atoms with Gasteiger partial charge < -0.3 is 5.11 Å². The molecule has 0 bridgehead atoms. The molecule has 0 amide bonds. The molecule has 3 heteroatoms. The SMILES string of the molecule is O=C(O)/C=C/c1ccc(F)cc1-c1ccccc1. The van der Waals surface area contributed by atoms with Crippen LogP contribution in [0.25, 0.3) is 17.2 Å². The molecule has 0 aromatic heterocycles. The monoisotopic (exact) mass is 242 g/mol. The summed E-state index contributed by atoms with van der Waals surface area (Å²) in [5.74, 6) is -1.38. The average Bonchev–Trinajstić information content (AvgIpc) is 2.38. The fourth-order valence-corrected chi connectivity index (χ4v) is 1.70. The third-order valence-electron chi connectivity index (χ3n) is 2.51. The van der Waals surface area contributed by atoms with Gasteiger partial charge in [0.15, 0.2) is 0 Å². The molecule has 0 saturated heterocycles. The van der Waals surface area contributed by atoms with Crippen molar-refractivity contribution in [3.63, 3.8) is 0 Å². The Labute approximate surface area is 104 Å². The van der Waals surface area contributed by atoms with Crippen molar-refractivity contribution in [3.8, 4) is 11.1 Å². The van der Waals surface area contributed by atoms with Crippen molar-refractivity contribution in [1.29, 1.82) is 0 Å². The summed E-state index contributed by atoms with van der Waals surface area (Å²) < 4.78 is 13.3. The van der Waals surface area contributed by atoms with Gasteiger partial charge in [0.1, 0.15) is 5.82 Å². The second-order valence-electron chi connectivity index (χ2n) is 3.77. The van der Waals surface area contributed by atoms with Crippen molar-refractivity contribution in [1.82, 2.24) is 0 Å². The largest absolute Gasteiger partial charge is 0.478 e. The number of aliphatic carboxylic acids is 1. The lowest BCUT2D eigenvalue weighted by Gasteiger charge is -2.06. The maximum absolute atomic E-state index is 13.3. The molecule has 2 aromatic rings. The molecule has 2 rings (SSSR count). The molecule has 18 heavy (non-hydrogen) atoms. The van der Waals surface area contributed by atoms with Crippen LogP contribution in [-0.4, -0.2) is 11.1 Å². The predicted octanol–water partition coefficient (Wildman–Crippen LogP) is 3.59. The smallest absolute Gasteiger partial charge is 0.328 e. The molecule has 0 radical (unpaired) electrons. The first-order valence-corrected chi connectivity index (χ1v) is 5.43. The lowest BCUT2D eigenvalue weighted by atomic mass is 9.99. The second kappa shape index (κ2) is 5.27. The van der Waals surface area contributed by atoms with E-state index >= 15 is 0 Å². The van der Waals surface area contributed by atoms with Gasteiger partial charge in [-0.3, -0.25) is 0 Å². The minimum absolute atomic E-state index is 0.346. The van der Waals surface area contributed by atoms with Gasteiger partial charge in [-0.05, 0) is 34.9 Å². The van der Waals surface area contributed by atoms with Gasteiger partial charge in [-0.25, -0.2) is 9.18 Å². The lowest BCUT2D eigenvalue weighted by molar-refractivity contribution is -0.131. The first kappa shape index (κ1) is 12.0. The van der Waals surface area contributed by atoms with Crippen molar-refractivity contribution in [2.75, 3.05) is 0 Å². The first-order chi connectivity index (χ1) is 8.66. The van der Waals surface area contributed by atoms with Gasteiger partial charge in [0.05, 0.1) is 0 Å². The number of hydrogen-bond donors (Lipinski definition) is 1. The lowest BCUT2D eigenvalue weighted by Crippen LogP contribution is -1.89. The Bertz CT molecular complexity index is 589. The highest BCUT2D eigenvalue weighted by Crippen LogP contribution is 2.25. The molecule has 0 spiro atoms. The van der Waals surface area contributed by atoms with E-state index in [0.29, 0.717) is 11.1 Å². The van der Waals surface area contributed by atoms with Gasteiger partial charge in [0.2, 0.25) is 0 Å². The highest BCUT2D eigenvalue weighted by Gasteiger charge is 2.04. The summed E-state index contributed by atoms with van der Waals surface area (Å²) >= 11 is 0. The normalized spacial score (nSPS) is 10.7. The molecule has 90 valence electrons. The highest BCUT2D eigenvalue weighted by atomic mass is 19.1. The van der Waals surface area contributed by atoms with Crippen LogP contribution >= 0.6 is 0 Å². The molecule has 0 heterocycles. The van der Waals surface area contributed by atoms with Crippen LogP contribution in [0.5, 0.6) is 0 Å². The Morgan fingerprint density at radius 2 is 1.83 bits per heavy atom. The summed E-state index contributed by atoms with van der Waals surface area (Å²) in [4.78, 5) is 10.5. The van der Waals surface area contributed by atoms with Gasteiger partial charge in [-0.1, -0.05) is 36.4 Å². The topological polar surface area (TPSA) is 37.3 Å². The minimum atomic E-state index is -1.03. The second-order valence-corrected chi connectivity index (χ2v) is 3.77. The van der Waals surface area contributed by atoms with E-state index in [1.165, 1.54) is 18.2 Å². The summed E-state index contributed by atoms with van der Waals surface area (Å²) in [6, 6.07) is 13.6. The minimum Gasteiger partial charge on any atom is -0.478 e. The van der Waals surface area contributed by atoms with Crippen LogP contribution in [0, 0.1) is 5.82 Å². The molecule has 0 atom stereocenters. The summed E-state index contributed by atoms with van der Waals surface area (Å²) in [5, 5.41) is 8.63. The Morgan fingerprint density at radius 3 is 2.50 bits per heavy atom. The number of benzene rings is 2. The van der Waals surface area contributed by atoms with Gasteiger partial charge in [-0.2, -0.15) is 0 Å². The molecule has 0 aliphatic rings. The highest BCUT2D eigenvalue weighted by molar-refractivity contribution is 5.87. The molecule has 0 saturated carbocycles. The molecule has 0 fully saturated rings. The van der Waals surface area contributed by atoms with Crippen molar-refractivity contribution in [2.24, 2.45) is 0 Å². The standard InChI is InChI=1S/C15H11FO2/c16-13-8-6-12(7-9-15(17)18)14(10-13)11-4-2-1-3-5-11/h1-10H,(H,17,18)/b9-7+. The Kier molecular flexibility index (Phi) is 3.53. The number of carbonyl (C=O) groups is 1. The predicted molar refractivity (Wildman–Crippen MR) is 68.5 cm³/mol. The van der Waals surface area contributed by atoms with E-state index in [-0.39, 0.29) is 5.82 Å². The Balaban J connectivity index is 2.51. The van der Waals surface area contributed by atoms with E-state index in [1.807, 2.05) is 30.3 Å². The average molecular weight is 242 g/mol. The fraction of sp³-hybridized carbons (Fsp3) is 0. The summed E-state index contributed by atoms with van der Waals surface area (Å²) in [7, 11) is 0. The number of carboxylic acids is 1. The maximum atomic E-state index is 13.3. The quantitative estimate of drug-likeness (QED) is 0.835. The van der Waals surface area contributed by atoms with E-state index in [9.17, 15) is 9.18 Å². The Hall–Kier alpha value is -2.42. The van der Waals surface area contributed by atoms with E-state index in [2.05, 4.69) is 0 Å². The third kappa shape index (κ3) is 2.83. The number of rotatable bonds is 3. The van der Waals surface area contributed by atoms with Crippen LogP contribution in [0.3, 0.4) is 0 Å². The molecular formula is C15H11FO2. The van der Waals surface area contributed by atoms with Crippen LogP contribution < -0.4 is 0 Å². The van der Waals surface area contributed by atoms with Crippen molar-refractivity contribution in [2.45, 2.75) is 0 Å². The van der Waals surface area contributed by atoms with Crippen LogP contribution in [0.2, 0.25) is 0 Å². The number of halogens is 1. The molecule has 0 aliphatic carbocycles. The van der Waals surface area contributed by atoms with Crippen molar-refractivity contribution in [3.05, 3.63) is 66.0 Å². The number of carboxylic acid groups (broad SMARTS) is 1. The van der Waals surface area contributed by atoms with Crippen molar-refractivity contribution < 1.29 is 14.3 Å². The summed E-state index contributed by atoms with van der Waals surface area (Å²) in [6.45, 7) is 0. The zero-order valence-electron chi connectivity index (χ0n) is 9.51. The van der Waals surface area contributed by atoms with Gasteiger partial charge in [0.25, 0.3) is 0 Å².